The van der Waals surface area contributed by atoms with Crippen LogP contribution in [0, 0.1) is 19.7 Å². The van der Waals surface area contributed by atoms with Crippen LogP contribution < -0.4 is 5.73 Å². The highest BCUT2D eigenvalue weighted by atomic mass is 19.1. The molecule has 0 spiro atoms. The highest BCUT2D eigenvalue weighted by molar-refractivity contribution is 5.86. The number of halogens is 1. The molecule has 0 saturated heterocycles. The van der Waals surface area contributed by atoms with Crippen LogP contribution in [0.1, 0.15) is 11.1 Å². The summed E-state index contributed by atoms with van der Waals surface area (Å²) in [6.07, 6.45) is 0. The van der Waals surface area contributed by atoms with Gasteiger partial charge in [0.1, 0.15) is 5.82 Å². The van der Waals surface area contributed by atoms with Crippen LogP contribution in [0.2, 0.25) is 0 Å². The molecule has 2 N–H and O–H groups in total. The van der Waals surface area contributed by atoms with Gasteiger partial charge in [-0.15, -0.1) is 0 Å². The number of anilines is 1. The molecule has 3 nitrogen and oxygen atoms in total. The average Bonchev–Trinajstić information content (AvgIpc) is 2.85. The normalized spacial score (nSPS) is 10.8. The van der Waals surface area contributed by atoms with Gasteiger partial charge < -0.3 is 10.3 Å². The molecule has 21 heavy (non-hydrogen) atoms. The van der Waals surface area contributed by atoms with Crippen molar-refractivity contribution in [3.63, 3.8) is 0 Å². The molecule has 0 amide bonds. The fraction of sp³-hybridized carbons (Fsp3) is 0.118. The Kier molecular flexibility index (Phi) is 3.22. The molecule has 0 fully saturated rings. The second-order valence-electron chi connectivity index (χ2n) is 5.07. The zero-order valence-corrected chi connectivity index (χ0v) is 11.9. The van der Waals surface area contributed by atoms with E-state index in [9.17, 15) is 4.39 Å². The monoisotopic (exact) mass is 282 g/mol. The van der Waals surface area contributed by atoms with Gasteiger partial charge in [0.25, 0.3) is 0 Å². The van der Waals surface area contributed by atoms with Gasteiger partial charge in [-0.2, -0.15) is 0 Å². The number of nitrogen functional groups attached to an aromatic ring is 1. The lowest BCUT2D eigenvalue weighted by atomic mass is 9.99. The SMILES string of the molecule is Cc1ccc(-c2c(N)noc2-c2cccc(C)c2F)cc1. The van der Waals surface area contributed by atoms with Gasteiger partial charge in [-0.05, 0) is 31.0 Å². The van der Waals surface area contributed by atoms with Crippen LogP contribution in [0.4, 0.5) is 10.2 Å². The summed E-state index contributed by atoms with van der Waals surface area (Å²) < 4.78 is 19.6. The van der Waals surface area contributed by atoms with Gasteiger partial charge >= 0.3 is 0 Å². The van der Waals surface area contributed by atoms with E-state index in [1.807, 2.05) is 31.2 Å². The first-order valence-corrected chi connectivity index (χ1v) is 6.65. The zero-order chi connectivity index (χ0) is 15.0. The van der Waals surface area contributed by atoms with Crippen molar-refractivity contribution < 1.29 is 8.91 Å². The third-order valence-electron chi connectivity index (χ3n) is 3.50. The maximum atomic E-state index is 14.3. The van der Waals surface area contributed by atoms with E-state index in [-0.39, 0.29) is 11.6 Å². The predicted octanol–water partition coefficient (Wildman–Crippen LogP) is 4.35. The fourth-order valence-electron chi connectivity index (χ4n) is 2.31. The predicted molar refractivity (Wildman–Crippen MR) is 81.2 cm³/mol. The Hall–Kier alpha value is -2.62. The molecule has 0 atom stereocenters. The van der Waals surface area contributed by atoms with Crippen LogP contribution >= 0.6 is 0 Å². The van der Waals surface area contributed by atoms with Crippen LogP contribution in [0.3, 0.4) is 0 Å². The number of benzene rings is 2. The van der Waals surface area contributed by atoms with E-state index in [2.05, 4.69) is 5.16 Å². The van der Waals surface area contributed by atoms with Crippen molar-refractivity contribution in [2.45, 2.75) is 13.8 Å². The van der Waals surface area contributed by atoms with Crippen LogP contribution in [0.15, 0.2) is 47.0 Å². The summed E-state index contributed by atoms with van der Waals surface area (Å²) in [6.45, 7) is 3.71. The third kappa shape index (κ3) is 2.29. The number of hydrogen-bond acceptors (Lipinski definition) is 3. The molecule has 0 bridgehead atoms. The van der Waals surface area contributed by atoms with Crippen molar-refractivity contribution in [1.82, 2.24) is 5.16 Å². The summed E-state index contributed by atoms with van der Waals surface area (Å²) in [5, 5.41) is 3.80. The highest BCUT2D eigenvalue weighted by Crippen LogP contribution is 2.38. The van der Waals surface area contributed by atoms with Crippen molar-refractivity contribution in [3.05, 3.63) is 59.4 Å². The van der Waals surface area contributed by atoms with Crippen molar-refractivity contribution >= 4 is 5.82 Å². The smallest absolute Gasteiger partial charge is 0.179 e. The highest BCUT2D eigenvalue weighted by Gasteiger charge is 2.20. The number of nitrogens with zero attached hydrogens (tertiary/aromatic N) is 1. The minimum absolute atomic E-state index is 0.259. The Morgan fingerprint density at radius 1 is 1.05 bits per heavy atom. The van der Waals surface area contributed by atoms with E-state index < -0.39 is 0 Å². The Morgan fingerprint density at radius 2 is 1.76 bits per heavy atom. The molecule has 4 heteroatoms. The maximum Gasteiger partial charge on any atom is 0.179 e. The van der Waals surface area contributed by atoms with Crippen molar-refractivity contribution in [3.8, 4) is 22.5 Å². The summed E-state index contributed by atoms with van der Waals surface area (Å²) in [7, 11) is 0. The largest absolute Gasteiger partial charge is 0.380 e. The molecule has 0 aliphatic heterocycles. The van der Waals surface area contributed by atoms with Gasteiger partial charge in [0.15, 0.2) is 11.6 Å². The number of aromatic nitrogens is 1. The van der Waals surface area contributed by atoms with Crippen LogP contribution in [0.25, 0.3) is 22.5 Å². The van der Waals surface area contributed by atoms with E-state index in [1.54, 1.807) is 25.1 Å². The number of hydrogen-bond donors (Lipinski definition) is 1. The molecule has 1 heterocycles. The van der Waals surface area contributed by atoms with Crippen molar-refractivity contribution in [1.29, 1.82) is 0 Å². The molecule has 0 aliphatic rings. The van der Waals surface area contributed by atoms with Gasteiger partial charge in [-0.3, -0.25) is 0 Å². The molecule has 1 aromatic heterocycles. The van der Waals surface area contributed by atoms with Gasteiger partial charge in [0.05, 0.1) is 11.1 Å². The molecular formula is C17H15FN2O. The molecule has 0 unspecified atom stereocenters. The summed E-state index contributed by atoms with van der Waals surface area (Å²) >= 11 is 0. The van der Waals surface area contributed by atoms with Crippen LogP contribution in [-0.4, -0.2) is 5.16 Å². The summed E-state index contributed by atoms with van der Waals surface area (Å²) in [5.74, 6) is 0.300. The molecule has 0 saturated carbocycles. The maximum absolute atomic E-state index is 14.3. The molecule has 0 radical (unpaired) electrons. The lowest BCUT2D eigenvalue weighted by molar-refractivity contribution is 0.433. The quantitative estimate of drug-likeness (QED) is 0.760. The topological polar surface area (TPSA) is 52.0 Å². The first kappa shape index (κ1) is 13.4. The first-order chi connectivity index (χ1) is 10.1. The zero-order valence-electron chi connectivity index (χ0n) is 11.9. The third-order valence-corrected chi connectivity index (χ3v) is 3.50. The first-order valence-electron chi connectivity index (χ1n) is 6.65. The second kappa shape index (κ2) is 5.05. The molecule has 0 aliphatic carbocycles. The van der Waals surface area contributed by atoms with Gasteiger partial charge in [0, 0.05) is 0 Å². The Bertz CT molecular complexity index is 791. The minimum atomic E-state index is -0.318. The molecule has 3 rings (SSSR count). The van der Waals surface area contributed by atoms with E-state index in [4.69, 9.17) is 10.3 Å². The standard InChI is InChI=1S/C17H15FN2O/c1-10-6-8-12(9-7-10)14-16(21-20-17(14)19)13-5-3-4-11(2)15(13)18/h3-9H,1-2H3,(H2,19,20). The Labute approximate surface area is 122 Å². The minimum Gasteiger partial charge on any atom is -0.380 e. The van der Waals surface area contributed by atoms with Crippen LogP contribution in [0.5, 0.6) is 0 Å². The number of aryl methyl sites for hydroxylation is 2. The van der Waals surface area contributed by atoms with Crippen molar-refractivity contribution in [2.75, 3.05) is 5.73 Å². The molecular weight excluding hydrogens is 267 g/mol. The Balaban J connectivity index is 2.22. The lowest BCUT2D eigenvalue weighted by Crippen LogP contribution is -1.91. The molecule has 106 valence electrons. The average molecular weight is 282 g/mol. The van der Waals surface area contributed by atoms with Gasteiger partial charge in [-0.1, -0.05) is 47.1 Å². The van der Waals surface area contributed by atoms with Gasteiger partial charge in [-0.25, -0.2) is 4.39 Å². The molecule has 2 aromatic carbocycles. The molecule has 3 aromatic rings. The summed E-state index contributed by atoms with van der Waals surface area (Å²) in [4.78, 5) is 0. The van der Waals surface area contributed by atoms with Crippen LogP contribution in [-0.2, 0) is 0 Å². The van der Waals surface area contributed by atoms with E-state index in [0.29, 0.717) is 22.5 Å². The summed E-state index contributed by atoms with van der Waals surface area (Å²) in [5.41, 5.74) is 9.45. The Morgan fingerprint density at radius 3 is 2.48 bits per heavy atom. The lowest BCUT2D eigenvalue weighted by Gasteiger charge is -2.06. The van der Waals surface area contributed by atoms with Gasteiger partial charge in [0.2, 0.25) is 0 Å². The number of rotatable bonds is 2. The fourth-order valence-corrected chi connectivity index (χ4v) is 2.31. The number of nitrogens with two attached hydrogens (primary N) is 1. The second-order valence-corrected chi connectivity index (χ2v) is 5.07. The van der Waals surface area contributed by atoms with E-state index >= 15 is 0 Å². The summed E-state index contributed by atoms with van der Waals surface area (Å²) in [6, 6.07) is 13.0. The van der Waals surface area contributed by atoms with E-state index in [0.717, 1.165) is 11.1 Å². The van der Waals surface area contributed by atoms with Crippen molar-refractivity contribution in [2.24, 2.45) is 0 Å². The van der Waals surface area contributed by atoms with E-state index in [1.165, 1.54) is 0 Å².